The van der Waals surface area contributed by atoms with Crippen LogP contribution in [0.4, 0.5) is 5.69 Å². The Bertz CT molecular complexity index is 1030. The molecule has 1 aromatic carbocycles. The van der Waals surface area contributed by atoms with E-state index in [2.05, 4.69) is 15.2 Å². The van der Waals surface area contributed by atoms with Crippen molar-refractivity contribution in [2.75, 3.05) is 31.4 Å². The Hall–Kier alpha value is -2.61. The van der Waals surface area contributed by atoms with Crippen LogP contribution in [-0.2, 0) is 11.2 Å². The lowest BCUT2D eigenvalue weighted by Crippen LogP contribution is -2.47. The molecule has 1 fully saturated rings. The number of fused-ring (bicyclic) bond motifs is 1. The van der Waals surface area contributed by atoms with Gasteiger partial charge in [0.05, 0.1) is 18.4 Å². The number of allylic oxidation sites excluding steroid dienone is 1. The monoisotopic (exact) mass is 482 g/mol. The van der Waals surface area contributed by atoms with Gasteiger partial charge in [0, 0.05) is 47.5 Å². The van der Waals surface area contributed by atoms with Crippen LogP contribution >= 0.6 is 11.6 Å². The van der Waals surface area contributed by atoms with Gasteiger partial charge >= 0.3 is 0 Å². The number of rotatable bonds is 7. The maximum Gasteiger partial charge on any atom is 0.225 e. The average molecular weight is 483 g/mol. The number of hydrogen-bond donors (Lipinski definition) is 1. The third-order valence-corrected chi connectivity index (χ3v) is 6.71. The third-order valence-electron chi connectivity index (χ3n) is 6.46. The minimum atomic E-state index is -0.395. The lowest BCUT2D eigenvalue weighted by atomic mass is 9.96. The number of likely N-dealkylation sites (tertiary alicyclic amines) is 1. The van der Waals surface area contributed by atoms with Crippen molar-refractivity contribution < 1.29 is 4.79 Å². The number of hydrazine groups is 1. The molecule has 7 nitrogen and oxygen atoms in total. The molecule has 1 aromatic heterocycles. The van der Waals surface area contributed by atoms with E-state index in [1.165, 1.54) is 0 Å². The Labute approximate surface area is 206 Å². The molecule has 2 aromatic rings. The molecule has 0 radical (unpaired) electrons. The first-order chi connectivity index (χ1) is 16.2. The van der Waals surface area contributed by atoms with E-state index < -0.39 is 5.41 Å². The topological polar surface area (TPSA) is 74.8 Å². The molecule has 1 N–H and O–H groups in total. The summed E-state index contributed by atoms with van der Waals surface area (Å²) in [6.07, 6.45) is 8.15. The summed E-state index contributed by atoms with van der Waals surface area (Å²) in [5.41, 5.74) is 3.29. The van der Waals surface area contributed by atoms with Gasteiger partial charge in [-0.3, -0.25) is 14.7 Å². The highest BCUT2D eigenvalue weighted by molar-refractivity contribution is 6.30. The van der Waals surface area contributed by atoms with Crippen molar-refractivity contribution in [1.82, 2.24) is 20.2 Å². The maximum absolute atomic E-state index is 13.2. The molecular weight excluding hydrogens is 450 g/mol. The number of nitrogens with one attached hydrogen (secondary N) is 1. The van der Waals surface area contributed by atoms with E-state index >= 15 is 0 Å². The minimum Gasteiger partial charge on any atom is -0.738 e. The summed E-state index contributed by atoms with van der Waals surface area (Å²) in [5.74, 6) is 0.0592. The second-order valence-corrected chi connectivity index (χ2v) is 10.5. The Balaban J connectivity index is 1.46. The Morgan fingerprint density at radius 1 is 1.24 bits per heavy atom. The highest BCUT2D eigenvalue weighted by Gasteiger charge is 2.29. The molecule has 2 aliphatic rings. The first kappa shape index (κ1) is 24.5. The second-order valence-electron chi connectivity index (χ2n) is 10.1. The van der Waals surface area contributed by atoms with E-state index in [1.54, 1.807) is 17.4 Å². The number of carbonyl (C=O) groups is 1. The van der Waals surface area contributed by atoms with Crippen molar-refractivity contribution in [2.24, 2.45) is 5.41 Å². The lowest BCUT2D eigenvalue weighted by molar-refractivity contribution is -0.128. The number of benzene rings is 1. The normalized spacial score (nSPS) is 18.6. The molecule has 0 bridgehead atoms. The molecular formula is C26H33ClN5O2-. The van der Waals surface area contributed by atoms with Crippen LogP contribution < -0.4 is 10.5 Å². The predicted octanol–water partition coefficient (Wildman–Crippen LogP) is 4.48. The molecule has 34 heavy (non-hydrogen) atoms. The van der Waals surface area contributed by atoms with E-state index in [0.29, 0.717) is 30.2 Å². The van der Waals surface area contributed by atoms with E-state index in [-0.39, 0.29) is 11.9 Å². The number of halogens is 1. The molecule has 0 aliphatic carbocycles. The standard InChI is InChI=1S/C26H33ClN5O2/c1-26(2,3)25(33)29-12-14-30-13-4-5-22(30)18-31-17-20(15-19-6-8-21(27)9-7-19)23-10-11-28-16-24(23)32(31)34/h6-11,16-17,22H,4-5,12-15,18H2,1-3H3,(H,29,33)/q-1/t22-/m1/s1. The molecule has 1 atom stereocenters. The number of anilines is 1. The van der Waals surface area contributed by atoms with Crippen molar-refractivity contribution in [3.8, 4) is 0 Å². The number of nitrogens with zero attached hydrogens (tertiary/aromatic N) is 4. The SMILES string of the molecule is CC(C)(C)C(=O)NCCN1CCC[C@@H]1CN1C=C(Cc2ccc(Cl)cc2)c2ccncc2N1[O-]. The van der Waals surface area contributed by atoms with Gasteiger partial charge in [-0.25, -0.2) is 0 Å². The number of amides is 1. The zero-order chi connectivity index (χ0) is 24.3. The molecule has 3 heterocycles. The van der Waals surface area contributed by atoms with Gasteiger partial charge in [-0.1, -0.05) is 44.5 Å². The summed E-state index contributed by atoms with van der Waals surface area (Å²) >= 11 is 6.06. The number of pyridine rings is 1. The fraction of sp³-hybridized carbons (Fsp3) is 0.462. The summed E-state index contributed by atoms with van der Waals surface area (Å²) < 4.78 is 0. The van der Waals surface area contributed by atoms with Crippen LogP contribution in [0.25, 0.3) is 5.57 Å². The van der Waals surface area contributed by atoms with Crippen LogP contribution in [0.5, 0.6) is 0 Å². The summed E-state index contributed by atoms with van der Waals surface area (Å²) in [5, 5.41) is 19.7. The van der Waals surface area contributed by atoms with E-state index in [9.17, 15) is 10.0 Å². The summed E-state index contributed by atoms with van der Waals surface area (Å²) in [7, 11) is 0. The van der Waals surface area contributed by atoms with Crippen molar-refractivity contribution >= 4 is 28.8 Å². The van der Waals surface area contributed by atoms with Crippen molar-refractivity contribution in [3.63, 3.8) is 0 Å². The van der Waals surface area contributed by atoms with E-state index in [1.807, 2.05) is 57.3 Å². The molecule has 182 valence electrons. The van der Waals surface area contributed by atoms with Gasteiger partial charge in [-0.15, -0.1) is 0 Å². The molecule has 2 aliphatic heterocycles. The van der Waals surface area contributed by atoms with Gasteiger partial charge in [0.15, 0.2) is 0 Å². The molecule has 1 amide bonds. The molecule has 1 saturated heterocycles. The highest BCUT2D eigenvalue weighted by atomic mass is 35.5. The van der Waals surface area contributed by atoms with Crippen LogP contribution in [0.15, 0.2) is 48.9 Å². The molecule has 4 rings (SSSR count). The Morgan fingerprint density at radius 2 is 2.00 bits per heavy atom. The molecule has 0 unspecified atom stereocenters. The summed E-state index contributed by atoms with van der Waals surface area (Å²) in [6, 6.07) is 9.96. The predicted molar refractivity (Wildman–Crippen MR) is 137 cm³/mol. The van der Waals surface area contributed by atoms with E-state index in [0.717, 1.165) is 47.8 Å². The number of carbonyl (C=O) groups excluding carboxylic acids is 1. The first-order valence-corrected chi connectivity index (χ1v) is 12.3. The van der Waals surface area contributed by atoms with Crippen molar-refractivity contribution in [2.45, 2.75) is 46.1 Å². The number of aromatic nitrogens is 1. The zero-order valence-corrected chi connectivity index (χ0v) is 20.9. The highest BCUT2D eigenvalue weighted by Crippen LogP contribution is 2.35. The largest absolute Gasteiger partial charge is 0.738 e. The van der Waals surface area contributed by atoms with Gasteiger partial charge in [0.2, 0.25) is 5.91 Å². The second kappa shape index (κ2) is 10.3. The van der Waals surface area contributed by atoms with Crippen LogP contribution in [0.3, 0.4) is 0 Å². The van der Waals surface area contributed by atoms with Crippen molar-refractivity contribution in [3.05, 3.63) is 70.3 Å². The molecule has 0 saturated carbocycles. The Kier molecular flexibility index (Phi) is 7.45. The fourth-order valence-electron chi connectivity index (χ4n) is 4.53. The van der Waals surface area contributed by atoms with Gasteiger partial charge in [-0.05, 0) is 55.1 Å². The zero-order valence-electron chi connectivity index (χ0n) is 20.1. The van der Waals surface area contributed by atoms with Crippen LogP contribution in [-0.4, -0.2) is 53.0 Å². The van der Waals surface area contributed by atoms with Gasteiger partial charge in [-0.2, -0.15) is 0 Å². The third kappa shape index (κ3) is 5.71. The van der Waals surface area contributed by atoms with Crippen LogP contribution in [0.1, 0.15) is 44.7 Å². The minimum absolute atomic E-state index is 0.0592. The van der Waals surface area contributed by atoms with Gasteiger partial charge in [0.25, 0.3) is 0 Å². The van der Waals surface area contributed by atoms with Crippen LogP contribution in [0.2, 0.25) is 5.02 Å². The average Bonchev–Trinajstić information content (AvgIpc) is 3.24. The lowest BCUT2D eigenvalue weighted by Gasteiger charge is -2.47. The molecule has 0 spiro atoms. The first-order valence-electron chi connectivity index (χ1n) is 11.9. The number of hydrogen-bond acceptors (Lipinski definition) is 6. The fourth-order valence-corrected chi connectivity index (χ4v) is 4.66. The quantitative estimate of drug-likeness (QED) is 0.627. The van der Waals surface area contributed by atoms with Gasteiger partial charge < -0.3 is 20.7 Å². The molecule has 8 heteroatoms. The van der Waals surface area contributed by atoms with E-state index in [4.69, 9.17) is 11.6 Å². The maximum atomic E-state index is 13.2. The summed E-state index contributed by atoms with van der Waals surface area (Å²) in [6.45, 7) is 8.71. The van der Waals surface area contributed by atoms with Crippen molar-refractivity contribution in [1.29, 1.82) is 0 Å². The van der Waals surface area contributed by atoms with Gasteiger partial charge in [0.1, 0.15) is 0 Å². The van der Waals surface area contributed by atoms with Crippen LogP contribution in [0, 0.1) is 10.6 Å². The summed E-state index contributed by atoms with van der Waals surface area (Å²) in [4.78, 5) is 18.8. The Morgan fingerprint density at radius 3 is 2.74 bits per heavy atom. The smallest absolute Gasteiger partial charge is 0.225 e.